The Morgan fingerprint density at radius 1 is 1.15 bits per heavy atom. The summed E-state index contributed by atoms with van der Waals surface area (Å²) in [7, 11) is 2.05. The van der Waals surface area contributed by atoms with E-state index in [1.165, 1.54) is 11.1 Å². The summed E-state index contributed by atoms with van der Waals surface area (Å²) in [6.07, 6.45) is 1.92. The highest BCUT2D eigenvalue weighted by Crippen LogP contribution is 2.32. The number of benzene rings is 1. The number of fused-ring (bicyclic) bond motifs is 1. The molecule has 1 aliphatic heterocycles. The van der Waals surface area contributed by atoms with Crippen molar-refractivity contribution in [3.05, 3.63) is 42.1 Å². The van der Waals surface area contributed by atoms with Gasteiger partial charge in [0.15, 0.2) is 11.6 Å². The van der Waals surface area contributed by atoms with Gasteiger partial charge >= 0.3 is 0 Å². The van der Waals surface area contributed by atoms with Gasteiger partial charge in [-0.15, -0.1) is 0 Å². The lowest BCUT2D eigenvalue weighted by atomic mass is 9.99. The van der Waals surface area contributed by atoms with Gasteiger partial charge in [0.25, 0.3) is 0 Å². The van der Waals surface area contributed by atoms with Gasteiger partial charge in [0.1, 0.15) is 6.61 Å². The molecule has 2 heterocycles. The first kappa shape index (κ1) is 13.0. The minimum Gasteiger partial charge on any atom is -0.488 e. The summed E-state index contributed by atoms with van der Waals surface area (Å²) in [5.41, 5.74) is 3.64. The van der Waals surface area contributed by atoms with Gasteiger partial charge in [0.05, 0.1) is 6.54 Å². The summed E-state index contributed by atoms with van der Waals surface area (Å²) in [6, 6.07) is 10.8. The molecular weight excluding hydrogens is 248 g/mol. The largest absolute Gasteiger partial charge is 0.488 e. The molecule has 20 heavy (non-hydrogen) atoms. The van der Waals surface area contributed by atoms with E-state index in [2.05, 4.69) is 54.1 Å². The van der Waals surface area contributed by atoms with Crippen LogP contribution in [-0.2, 0) is 0 Å². The van der Waals surface area contributed by atoms with Crippen molar-refractivity contribution < 1.29 is 4.74 Å². The van der Waals surface area contributed by atoms with E-state index < -0.39 is 0 Å². The predicted octanol–water partition coefficient (Wildman–Crippen LogP) is 3.70. The van der Waals surface area contributed by atoms with E-state index in [0.29, 0.717) is 5.92 Å². The highest BCUT2D eigenvalue weighted by Gasteiger charge is 2.16. The Balaban J connectivity index is 1.94. The molecule has 0 N–H and O–H groups in total. The van der Waals surface area contributed by atoms with Crippen LogP contribution < -0.4 is 9.64 Å². The molecule has 0 amide bonds. The van der Waals surface area contributed by atoms with E-state index in [1.54, 1.807) is 0 Å². The molecule has 3 rings (SSSR count). The van der Waals surface area contributed by atoms with Gasteiger partial charge in [0, 0.05) is 18.8 Å². The van der Waals surface area contributed by atoms with Crippen LogP contribution in [-0.4, -0.2) is 25.2 Å². The van der Waals surface area contributed by atoms with Crippen molar-refractivity contribution in [2.75, 3.05) is 25.1 Å². The minimum absolute atomic E-state index is 0.558. The van der Waals surface area contributed by atoms with E-state index in [0.717, 1.165) is 30.3 Å². The van der Waals surface area contributed by atoms with Gasteiger partial charge < -0.3 is 9.64 Å². The Hall–Kier alpha value is -2.03. The number of hydrogen-bond acceptors (Lipinski definition) is 3. The molecule has 0 radical (unpaired) electrons. The van der Waals surface area contributed by atoms with Crippen molar-refractivity contribution in [2.24, 2.45) is 0 Å². The summed E-state index contributed by atoms with van der Waals surface area (Å²) < 4.78 is 5.71. The van der Waals surface area contributed by atoms with Crippen LogP contribution in [0.3, 0.4) is 0 Å². The maximum Gasteiger partial charge on any atom is 0.171 e. The number of hydrogen-bond donors (Lipinski definition) is 0. The van der Waals surface area contributed by atoms with E-state index in [4.69, 9.17) is 4.74 Å². The molecule has 104 valence electrons. The van der Waals surface area contributed by atoms with Crippen molar-refractivity contribution in [3.63, 3.8) is 0 Å². The number of rotatable bonds is 2. The SMILES string of the molecule is CC(C)c1ccc(-c2cnc3c(c2)OCCN3C)cc1. The summed E-state index contributed by atoms with van der Waals surface area (Å²) in [4.78, 5) is 6.66. The molecular formula is C17H20N2O. The summed E-state index contributed by atoms with van der Waals surface area (Å²) in [5.74, 6) is 2.37. The minimum atomic E-state index is 0.558. The fourth-order valence-corrected chi connectivity index (χ4v) is 2.45. The molecule has 1 aromatic heterocycles. The molecule has 0 fully saturated rings. The molecule has 3 nitrogen and oxygen atoms in total. The van der Waals surface area contributed by atoms with Gasteiger partial charge in [-0.05, 0) is 23.1 Å². The van der Waals surface area contributed by atoms with E-state index in [9.17, 15) is 0 Å². The number of aromatic nitrogens is 1. The van der Waals surface area contributed by atoms with Crippen LogP contribution >= 0.6 is 0 Å². The Morgan fingerprint density at radius 3 is 2.60 bits per heavy atom. The van der Waals surface area contributed by atoms with Gasteiger partial charge in [-0.1, -0.05) is 38.1 Å². The summed E-state index contributed by atoms with van der Waals surface area (Å²) >= 11 is 0. The molecule has 2 aromatic rings. The molecule has 3 heteroatoms. The zero-order chi connectivity index (χ0) is 14.1. The van der Waals surface area contributed by atoms with E-state index >= 15 is 0 Å². The van der Waals surface area contributed by atoms with Crippen molar-refractivity contribution in [2.45, 2.75) is 19.8 Å². The molecule has 1 aromatic carbocycles. The molecule has 0 saturated heterocycles. The molecule has 0 spiro atoms. The van der Waals surface area contributed by atoms with E-state index in [1.807, 2.05) is 13.2 Å². The standard InChI is InChI=1S/C17H20N2O/c1-12(2)13-4-6-14(7-5-13)15-10-16-17(18-11-15)19(3)8-9-20-16/h4-7,10-12H,8-9H2,1-3H3. The third-order valence-corrected chi connectivity index (χ3v) is 3.79. The van der Waals surface area contributed by atoms with Gasteiger partial charge in [0.2, 0.25) is 0 Å². The second kappa shape index (κ2) is 5.16. The van der Waals surface area contributed by atoms with Crippen molar-refractivity contribution in [1.29, 1.82) is 0 Å². The average Bonchev–Trinajstić information content (AvgIpc) is 2.47. The number of likely N-dealkylation sites (N-methyl/N-ethyl adjacent to an activating group) is 1. The fraction of sp³-hybridized carbons (Fsp3) is 0.353. The lowest BCUT2D eigenvalue weighted by Crippen LogP contribution is -2.29. The van der Waals surface area contributed by atoms with Crippen molar-refractivity contribution in [3.8, 4) is 16.9 Å². The summed E-state index contributed by atoms with van der Waals surface area (Å²) in [6.45, 7) is 6.03. The second-order valence-corrected chi connectivity index (χ2v) is 5.59. The predicted molar refractivity (Wildman–Crippen MR) is 82.5 cm³/mol. The number of anilines is 1. The highest BCUT2D eigenvalue weighted by molar-refractivity contribution is 5.68. The Morgan fingerprint density at radius 2 is 1.90 bits per heavy atom. The van der Waals surface area contributed by atoms with Crippen LogP contribution in [0, 0.1) is 0 Å². The van der Waals surface area contributed by atoms with Crippen LogP contribution in [0.15, 0.2) is 36.5 Å². The zero-order valence-electron chi connectivity index (χ0n) is 12.3. The van der Waals surface area contributed by atoms with Crippen molar-refractivity contribution in [1.82, 2.24) is 4.98 Å². The molecule has 0 unspecified atom stereocenters. The quantitative estimate of drug-likeness (QED) is 0.830. The van der Waals surface area contributed by atoms with E-state index in [-0.39, 0.29) is 0 Å². The number of pyridine rings is 1. The normalized spacial score (nSPS) is 14.1. The topological polar surface area (TPSA) is 25.4 Å². The van der Waals surface area contributed by atoms with Gasteiger partial charge in [-0.3, -0.25) is 0 Å². The smallest absolute Gasteiger partial charge is 0.171 e. The molecule has 0 bridgehead atoms. The maximum atomic E-state index is 5.71. The van der Waals surface area contributed by atoms with Crippen LogP contribution in [0.1, 0.15) is 25.3 Å². The molecule has 0 aliphatic carbocycles. The zero-order valence-corrected chi connectivity index (χ0v) is 12.3. The van der Waals surface area contributed by atoms with Gasteiger partial charge in [-0.25, -0.2) is 4.98 Å². The summed E-state index contributed by atoms with van der Waals surface area (Å²) in [5, 5.41) is 0. The fourth-order valence-electron chi connectivity index (χ4n) is 2.45. The van der Waals surface area contributed by atoms with Crippen LogP contribution in [0.4, 0.5) is 5.82 Å². The Kier molecular flexibility index (Phi) is 3.35. The number of ether oxygens (including phenoxy) is 1. The van der Waals surface area contributed by atoms with Crippen LogP contribution in [0.2, 0.25) is 0 Å². The Bertz CT molecular complexity index is 605. The Labute approximate surface area is 120 Å². The molecule has 0 saturated carbocycles. The second-order valence-electron chi connectivity index (χ2n) is 5.59. The first-order chi connectivity index (χ1) is 9.65. The highest BCUT2D eigenvalue weighted by atomic mass is 16.5. The third-order valence-electron chi connectivity index (χ3n) is 3.79. The van der Waals surface area contributed by atoms with Crippen LogP contribution in [0.5, 0.6) is 5.75 Å². The average molecular weight is 268 g/mol. The lowest BCUT2D eigenvalue weighted by Gasteiger charge is -2.26. The van der Waals surface area contributed by atoms with Crippen LogP contribution in [0.25, 0.3) is 11.1 Å². The first-order valence-electron chi connectivity index (χ1n) is 7.09. The molecule has 0 atom stereocenters. The van der Waals surface area contributed by atoms with Crippen molar-refractivity contribution >= 4 is 5.82 Å². The van der Waals surface area contributed by atoms with Gasteiger partial charge in [-0.2, -0.15) is 0 Å². The third kappa shape index (κ3) is 2.36. The first-order valence-corrected chi connectivity index (χ1v) is 7.09. The maximum absolute atomic E-state index is 5.71. The molecule has 1 aliphatic rings. The monoisotopic (exact) mass is 268 g/mol. The lowest BCUT2D eigenvalue weighted by molar-refractivity contribution is 0.309. The number of nitrogens with zero attached hydrogens (tertiary/aromatic N) is 2.